The van der Waals surface area contributed by atoms with Gasteiger partial charge in [0.2, 0.25) is 5.91 Å². The smallest absolute Gasteiger partial charge is 0.239 e. The second-order valence-corrected chi connectivity index (χ2v) is 4.88. The molecule has 17 heavy (non-hydrogen) atoms. The molecule has 2 N–H and O–H groups in total. The van der Waals surface area contributed by atoms with E-state index in [9.17, 15) is 9.59 Å². The summed E-state index contributed by atoms with van der Waals surface area (Å²) >= 11 is 1.20. The largest absolute Gasteiger partial charge is 0.366 e. The normalized spacial score (nSPS) is 10.4. The fourth-order valence-electron chi connectivity index (χ4n) is 1.44. The number of hydrogen-bond acceptors (Lipinski definition) is 5. The highest BCUT2D eigenvalue weighted by Gasteiger charge is 2.15. The molecule has 0 bridgehead atoms. The quantitative estimate of drug-likeness (QED) is 0.784. The van der Waals surface area contributed by atoms with E-state index < -0.39 is 0 Å². The Hall–Kier alpha value is -1.43. The number of anilines is 1. The highest BCUT2D eigenvalue weighted by atomic mass is 32.1. The molecule has 0 aliphatic carbocycles. The number of rotatable bonds is 5. The Bertz CT molecular complexity index is 426. The molecule has 0 unspecified atom stereocenters. The van der Waals surface area contributed by atoms with E-state index >= 15 is 0 Å². The lowest BCUT2D eigenvalue weighted by Crippen LogP contribution is -2.34. The SMILES string of the molecule is CC(=O)c1c(C)nsc1NCC(=O)NC(C)C. The first-order valence-electron chi connectivity index (χ1n) is 5.42. The molecule has 0 atom stereocenters. The number of ketones is 1. The fraction of sp³-hybridized carbons (Fsp3) is 0.545. The molecule has 0 radical (unpaired) electrons. The topological polar surface area (TPSA) is 71.1 Å². The number of amides is 1. The molecule has 0 aliphatic rings. The number of carbonyl (C=O) groups is 2. The van der Waals surface area contributed by atoms with Crippen LogP contribution in [0.5, 0.6) is 0 Å². The van der Waals surface area contributed by atoms with Crippen molar-refractivity contribution in [3.63, 3.8) is 0 Å². The zero-order chi connectivity index (χ0) is 13.0. The van der Waals surface area contributed by atoms with Crippen LogP contribution in [0.1, 0.15) is 36.8 Å². The highest BCUT2D eigenvalue weighted by Crippen LogP contribution is 2.24. The Morgan fingerprint density at radius 2 is 2.06 bits per heavy atom. The molecule has 1 heterocycles. The number of aryl methyl sites for hydroxylation is 1. The Labute approximate surface area is 105 Å². The lowest BCUT2D eigenvalue weighted by Gasteiger charge is -2.09. The van der Waals surface area contributed by atoms with Gasteiger partial charge in [0.15, 0.2) is 5.78 Å². The summed E-state index contributed by atoms with van der Waals surface area (Å²) in [5.74, 6) is -0.136. The van der Waals surface area contributed by atoms with Gasteiger partial charge in [0, 0.05) is 6.04 Å². The molecule has 0 saturated heterocycles. The molecule has 0 fully saturated rings. The predicted octanol–water partition coefficient (Wildman–Crippen LogP) is 1.59. The fourth-order valence-corrected chi connectivity index (χ4v) is 2.28. The average molecular weight is 255 g/mol. The van der Waals surface area contributed by atoms with Crippen LogP contribution in [0, 0.1) is 6.92 Å². The second-order valence-electron chi connectivity index (χ2n) is 4.10. The summed E-state index contributed by atoms with van der Waals surface area (Å²) < 4.78 is 4.10. The van der Waals surface area contributed by atoms with E-state index in [4.69, 9.17) is 0 Å². The van der Waals surface area contributed by atoms with Gasteiger partial charge >= 0.3 is 0 Å². The molecule has 6 heteroatoms. The minimum Gasteiger partial charge on any atom is -0.366 e. The molecule has 5 nitrogen and oxygen atoms in total. The van der Waals surface area contributed by atoms with Crippen LogP contribution in [0.15, 0.2) is 0 Å². The maximum absolute atomic E-state index is 11.4. The van der Waals surface area contributed by atoms with Crippen LogP contribution in [0.2, 0.25) is 0 Å². The van der Waals surface area contributed by atoms with Gasteiger partial charge in [0.25, 0.3) is 0 Å². The molecule has 1 aromatic rings. The van der Waals surface area contributed by atoms with Crippen molar-refractivity contribution in [2.75, 3.05) is 11.9 Å². The molecule has 0 aliphatic heterocycles. The average Bonchev–Trinajstić information content (AvgIpc) is 2.55. The third kappa shape index (κ3) is 3.81. The Morgan fingerprint density at radius 3 is 2.59 bits per heavy atom. The summed E-state index contributed by atoms with van der Waals surface area (Å²) in [6, 6.07) is 0.111. The maximum Gasteiger partial charge on any atom is 0.239 e. The number of carbonyl (C=O) groups excluding carboxylic acids is 2. The van der Waals surface area contributed by atoms with Gasteiger partial charge in [0.1, 0.15) is 5.00 Å². The van der Waals surface area contributed by atoms with Crippen LogP contribution in [0.3, 0.4) is 0 Å². The molecule has 0 saturated carbocycles. The summed E-state index contributed by atoms with van der Waals surface area (Å²) in [5, 5.41) is 6.37. The molecule has 1 rings (SSSR count). The number of nitrogens with zero attached hydrogens (tertiary/aromatic N) is 1. The Kier molecular flexibility index (Phi) is 4.62. The van der Waals surface area contributed by atoms with E-state index in [1.54, 1.807) is 6.92 Å². The first-order chi connectivity index (χ1) is 7.91. The van der Waals surface area contributed by atoms with Crippen molar-refractivity contribution in [3.8, 4) is 0 Å². The van der Waals surface area contributed by atoms with E-state index in [0.717, 1.165) is 0 Å². The summed E-state index contributed by atoms with van der Waals surface area (Å²) in [6.07, 6.45) is 0. The molecular formula is C11H17N3O2S. The molecule has 94 valence electrons. The van der Waals surface area contributed by atoms with Gasteiger partial charge in [-0.15, -0.1) is 0 Å². The standard InChI is InChI=1S/C11H17N3O2S/c1-6(2)13-9(16)5-12-11-10(8(4)15)7(3)14-17-11/h6,12H,5H2,1-4H3,(H,13,16). The van der Waals surface area contributed by atoms with E-state index in [1.165, 1.54) is 18.5 Å². The van der Waals surface area contributed by atoms with E-state index in [-0.39, 0.29) is 24.3 Å². The van der Waals surface area contributed by atoms with Crippen LogP contribution in [-0.2, 0) is 4.79 Å². The Morgan fingerprint density at radius 1 is 1.41 bits per heavy atom. The van der Waals surface area contributed by atoms with Gasteiger partial charge in [0.05, 0.1) is 17.8 Å². The van der Waals surface area contributed by atoms with Crippen molar-refractivity contribution in [2.45, 2.75) is 33.7 Å². The number of aromatic nitrogens is 1. The van der Waals surface area contributed by atoms with Crippen molar-refractivity contribution in [3.05, 3.63) is 11.3 Å². The minimum atomic E-state index is -0.0967. The van der Waals surface area contributed by atoms with Gasteiger partial charge in [-0.05, 0) is 39.2 Å². The lowest BCUT2D eigenvalue weighted by atomic mass is 10.2. The lowest BCUT2D eigenvalue weighted by molar-refractivity contribution is -0.119. The highest BCUT2D eigenvalue weighted by molar-refractivity contribution is 7.10. The van der Waals surface area contributed by atoms with Crippen molar-refractivity contribution in [1.29, 1.82) is 0 Å². The molecule has 1 aromatic heterocycles. The molecule has 0 spiro atoms. The number of Topliss-reactive ketones (excluding diaryl/α,β-unsaturated/α-hetero) is 1. The Balaban J connectivity index is 2.64. The predicted molar refractivity (Wildman–Crippen MR) is 68.6 cm³/mol. The molecule has 1 amide bonds. The van der Waals surface area contributed by atoms with Crippen LogP contribution in [-0.4, -0.2) is 28.7 Å². The van der Waals surface area contributed by atoms with Gasteiger partial charge in [-0.25, -0.2) is 0 Å². The van der Waals surface area contributed by atoms with Crippen molar-refractivity contribution in [2.24, 2.45) is 0 Å². The van der Waals surface area contributed by atoms with E-state index in [2.05, 4.69) is 15.0 Å². The van der Waals surface area contributed by atoms with Crippen molar-refractivity contribution >= 4 is 28.2 Å². The van der Waals surface area contributed by atoms with Gasteiger partial charge in [-0.1, -0.05) is 0 Å². The first-order valence-corrected chi connectivity index (χ1v) is 6.19. The first kappa shape index (κ1) is 13.6. The second kappa shape index (κ2) is 5.77. The number of nitrogens with one attached hydrogen (secondary N) is 2. The third-order valence-corrected chi connectivity index (χ3v) is 2.97. The number of hydrogen-bond donors (Lipinski definition) is 2. The summed E-state index contributed by atoms with van der Waals surface area (Å²) in [6.45, 7) is 7.23. The van der Waals surface area contributed by atoms with Crippen molar-refractivity contribution < 1.29 is 9.59 Å². The molecule has 0 aromatic carbocycles. The molecular weight excluding hydrogens is 238 g/mol. The third-order valence-electron chi connectivity index (χ3n) is 2.07. The monoisotopic (exact) mass is 255 g/mol. The van der Waals surface area contributed by atoms with Crippen LogP contribution in [0.25, 0.3) is 0 Å². The summed E-state index contributed by atoms with van der Waals surface area (Å²) in [7, 11) is 0. The van der Waals surface area contributed by atoms with Gasteiger partial charge in [-0.2, -0.15) is 4.37 Å². The van der Waals surface area contributed by atoms with Crippen molar-refractivity contribution in [1.82, 2.24) is 9.69 Å². The van der Waals surface area contributed by atoms with Crippen LogP contribution >= 0.6 is 11.5 Å². The van der Waals surface area contributed by atoms with E-state index in [1.807, 2.05) is 13.8 Å². The zero-order valence-corrected chi connectivity index (χ0v) is 11.3. The van der Waals surface area contributed by atoms with Crippen LogP contribution < -0.4 is 10.6 Å². The van der Waals surface area contributed by atoms with Gasteiger partial charge < -0.3 is 10.6 Å². The zero-order valence-electron chi connectivity index (χ0n) is 10.5. The minimum absolute atomic E-state index is 0.0389. The summed E-state index contributed by atoms with van der Waals surface area (Å²) in [5.41, 5.74) is 1.28. The van der Waals surface area contributed by atoms with Gasteiger partial charge in [-0.3, -0.25) is 9.59 Å². The van der Waals surface area contributed by atoms with Crippen LogP contribution in [0.4, 0.5) is 5.00 Å². The van der Waals surface area contributed by atoms with E-state index in [0.29, 0.717) is 16.3 Å². The maximum atomic E-state index is 11.4. The summed E-state index contributed by atoms with van der Waals surface area (Å²) in [4.78, 5) is 22.8.